The summed E-state index contributed by atoms with van der Waals surface area (Å²) < 4.78 is 0. The summed E-state index contributed by atoms with van der Waals surface area (Å²) in [6.45, 7) is 14.0. The Morgan fingerprint density at radius 2 is 0.938 bits per heavy atom. The van der Waals surface area contributed by atoms with Crippen LogP contribution in [0.25, 0.3) is 0 Å². The third kappa shape index (κ3) is 1.96. The van der Waals surface area contributed by atoms with Crippen LogP contribution in [0.4, 0.5) is 0 Å². The summed E-state index contributed by atoms with van der Waals surface area (Å²) in [6.07, 6.45) is 11.2. The van der Waals surface area contributed by atoms with E-state index < -0.39 is 16.1 Å². The molecule has 0 aromatic rings. The van der Waals surface area contributed by atoms with Crippen LogP contribution < -0.4 is 0 Å². The predicted molar refractivity (Wildman–Crippen MR) is 78.4 cm³/mol. The molecule has 0 fully saturated rings. The van der Waals surface area contributed by atoms with Crippen LogP contribution in [0.3, 0.4) is 0 Å². The molecule has 0 unspecified atom stereocenters. The topological polar surface area (TPSA) is 0 Å². The molecule has 0 bridgehead atoms. The molecule has 1 rings (SSSR count). The van der Waals surface area contributed by atoms with E-state index in [4.69, 9.17) is 12.8 Å². The average Bonchev–Trinajstić information content (AvgIpc) is 1.98. The first-order chi connectivity index (χ1) is 7.14. The number of allylic oxidation sites excluding steroid dienone is 4. The van der Waals surface area contributed by atoms with Crippen molar-refractivity contribution in [1.29, 1.82) is 0 Å². The molecule has 1 aliphatic rings. The second-order valence-electron chi connectivity index (χ2n) is 6.29. The van der Waals surface area contributed by atoms with Gasteiger partial charge in [0.2, 0.25) is 0 Å². The van der Waals surface area contributed by atoms with Crippen molar-refractivity contribution in [2.45, 2.75) is 39.3 Å². The van der Waals surface area contributed by atoms with E-state index in [1.54, 1.807) is 0 Å². The smallest absolute Gasteiger partial charge is 0.0792 e. The molecule has 0 aliphatic heterocycles. The van der Waals surface area contributed by atoms with E-state index in [1.807, 2.05) is 0 Å². The van der Waals surface area contributed by atoms with E-state index in [9.17, 15) is 0 Å². The summed E-state index contributed by atoms with van der Waals surface area (Å²) in [6, 6.07) is 0. The zero-order valence-electron chi connectivity index (χ0n) is 11.2. The molecule has 0 heterocycles. The zero-order valence-corrected chi connectivity index (χ0v) is 13.2. The fraction of sp³-hybridized carbons (Fsp3) is 0.429. The van der Waals surface area contributed by atoms with Gasteiger partial charge in [0.1, 0.15) is 0 Å². The molecule has 0 nitrogen and oxygen atoms in total. The average molecular weight is 244 g/mol. The van der Waals surface area contributed by atoms with Gasteiger partial charge in [-0.1, -0.05) is 51.1 Å². The van der Waals surface area contributed by atoms with Crippen molar-refractivity contribution in [2.24, 2.45) is 0 Å². The van der Waals surface area contributed by atoms with Gasteiger partial charge in [0, 0.05) is 11.1 Å². The van der Waals surface area contributed by atoms with E-state index in [2.05, 4.69) is 51.1 Å². The summed E-state index contributed by atoms with van der Waals surface area (Å²) >= 11 is 0. The number of hydrogen-bond acceptors (Lipinski definition) is 0. The Hall–Kier alpha value is -0.966. The van der Waals surface area contributed by atoms with Crippen LogP contribution in [-0.2, 0) is 0 Å². The lowest BCUT2D eigenvalue weighted by atomic mass is 9.98. The first-order valence-corrected chi connectivity index (χ1v) is 12.6. The molecule has 0 atom stereocenters. The normalized spacial score (nSPS) is 16.8. The van der Waals surface area contributed by atoms with Gasteiger partial charge in [-0.2, -0.15) is 0 Å². The van der Waals surface area contributed by atoms with Crippen LogP contribution in [0.2, 0.25) is 39.3 Å². The highest BCUT2D eigenvalue weighted by Gasteiger charge is 2.40. The maximum Gasteiger partial charge on any atom is 0.0792 e. The van der Waals surface area contributed by atoms with Gasteiger partial charge in [-0.3, -0.25) is 0 Å². The maximum absolute atomic E-state index is 5.59. The second-order valence-corrected chi connectivity index (χ2v) is 16.3. The third-order valence-corrected chi connectivity index (χ3v) is 7.04. The second kappa shape index (κ2) is 3.80. The minimum Gasteiger partial charge on any atom is -0.115 e. The van der Waals surface area contributed by atoms with Crippen molar-refractivity contribution in [2.75, 3.05) is 0 Å². The number of hydrogen-bond donors (Lipinski definition) is 0. The zero-order chi connectivity index (χ0) is 12.7. The minimum atomic E-state index is -1.37. The van der Waals surface area contributed by atoms with Crippen LogP contribution in [-0.4, -0.2) is 16.1 Å². The molecule has 2 heteroatoms. The Morgan fingerprint density at radius 3 is 1.06 bits per heavy atom. The quantitative estimate of drug-likeness (QED) is 0.514. The maximum atomic E-state index is 5.59. The van der Waals surface area contributed by atoms with E-state index in [1.165, 1.54) is 10.4 Å². The largest absolute Gasteiger partial charge is 0.115 e. The van der Waals surface area contributed by atoms with Crippen LogP contribution in [0.1, 0.15) is 0 Å². The SMILES string of the molecule is C#CC1=C(C#C)C([Si](C)(C)C)=C1[Si](C)(C)C. The van der Waals surface area contributed by atoms with E-state index >= 15 is 0 Å². The van der Waals surface area contributed by atoms with Crippen molar-refractivity contribution >= 4 is 16.1 Å². The van der Waals surface area contributed by atoms with Crippen molar-refractivity contribution in [1.82, 2.24) is 0 Å². The van der Waals surface area contributed by atoms with Gasteiger partial charge < -0.3 is 0 Å². The Morgan fingerprint density at radius 1 is 0.688 bits per heavy atom. The van der Waals surface area contributed by atoms with Crippen molar-refractivity contribution in [3.05, 3.63) is 21.5 Å². The van der Waals surface area contributed by atoms with Gasteiger partial charge in [-0.15, -0.1) is 12.8 Å². The minimum absolute atomic E-state index is 1.03. The highest BCUT2D eigenvalue weighted by molar-refractivity contribution is 6.91. The van der Waals surface area contributed by atoms with Crippen LogP contribution in [0.5, 0.6) is 0 Å². The monoisotopic (exact) mass is 244 g/mol. The molecule has 0 radical (unpaired) electrons. The Balaban J connectivity index is 3.41. The van der Waals surface area contributed by atoms with Gasteiger partial charge >= 0.3 is 0 Å². The summed E-state index contributed by atoms with van der Waals surface area (Å²) in [5.41, 5.74) is 2.05. The molecule has 0 aromatic carbocycles. The van der Waals surface area contributed by atoms with E-state index in [-0.39, 0.29) is 0 Å². The molecule has 0 saturated carbocycles. The molecule has 16 heavy (non-hydrogen) atoms. The van der Waals surface area contributed by atoms with Crippen molar-refractivity contribution < 1.29 is 0 Å². The summed E-state index contributed by atoms with van der Waals surface area (Å²) in [5, 5.41) is 2.92. The molecule has 0 N–H and O–H groups in total. The molecule has 0 spiro atoms. The first kappa shape index (κ1) is 13.1. The molecule has 0 saturated heterocycles. The molecule has 0 aromatic heterocycles. The van der Waals surface area contributed by atoms with Gasteiger partial charge in [0.25, 0.3) is 0 Å². The Labute approximate surface area is 102 Å². The fourth-order valence-corrected chi connectivity index (χ4v) is 8.12. The van der Waals surface area contributed by atoms with Gasteiger partial charge in [0.15, 0.2) is 0 Å². The summed E-state index contributed by atoms with van der Waals surface area (Å²) in [7, 11) is -2.74. The lowest BCUT2D eigenvalue weighted by molar-refractivity contribution is 1.36. The van der Waals surface area contributed by atoms with Gasteiger partial charge in [0.05, 0.1) is 16.1 Å². The molecular weight excluding hydrogens is 224 g/mol. The third-order valence-electron chi connectivity index (χ3n) is 2.79. The van der Waals surface area contributed by atoms with Crippen LogP contribution in [0.15, 0.2) is 21.5 Å². The lowest BCUT2D eigenvalue weighted by Gasteiger charge is -2.39. The van der Waals surface area contributed by atoms with Crippen molar-refractivity contribution in [3.8, 4) is 24.7 Å². The molecule has 84 valence electrons. The number of terminal acetylenes is 2. The molecule has 1 aliphatic carbocycles. The van der Waals surface area contributed by atoms with Gasteiger partial charge in [-0.05, 0) is 10.4 Å². The lowest BCUT2D eigenvalue weighted by Crippen LogP contribution is -2.40. The van der Waals surface area contributed by atoms with Gasteiger partial charge in [-0.25, -0.2) is 0 Å². The summed E-state index contributed by atoms with van der Waals surface area (Å²) in [5.74, 6) is 5.59. The predicted octanol–water partition coefficient (Wildman–Crippen LogP) is 3.61. The first-order valence-electron chi connectivity index (χ1n) is 5.58. The molecular formula is C14H20Si2. The summed E-state index contributed by atoms with van der Waals surface area (Å²) in [4.78, 5) is 0. The van der Waals surface area contributed by atoms with Crippen molar-refractivity contribution in [3.63, 3.8) is 0 Å². The fourth-order valence-electron chi connectivity index (χ4n) is 2.23. The Bertz CT molecular complexity index is 419. The number of rotatable bonds is 2. The van der Waals surface area contributed by atoms with E-state index in [0.717, 1.165) is 11.1 Å². The highest BCUT2D eigenvalue weighted by Crippen LogP contribution is 2.44. The highest BCUT2D eigenvalue weighted by atomic mass is 28.3. The van der Waals surface area contributed by atoms with E-state index in [0.29, 0.717) is 0 Å². The van der Waals surface area contributed by atoms with Crippen LogP contribution in [0, 0.1) is 24.7 Å². The molecule has 0 amide bonds. The Kier molecular flexibility index (Phi) is 3.11. The standard InChI is InChI=1S/C14H20Si2/c1-9-11-12(10-2)14(16(6,7)8)13(11)15(3,4)5/h1-2H,3-8H3. The van der Waals surface area contributed by atoms with Crippen LogP contribution >= 0.6 is 0 Å².